The second kappa shape index (κ2) is 8.18. The number of aryl methyl sites for hydroxylation is 1. The van der Waals surface area contributed by atoms with Crippen LogP contribution in [0.3, 0.4) is 0 Å². The summed E-state index contributed by atoms with van der Waals surface area (Å²) in [4.78, 5) is 0. The van der Waals surface area contributed by atoms with Gasteiger partial charge in [-0.1, -0.05) is 55.9 Å². The summed E-state index contributed by atoms with van der Waals surface area (Å²) in [5, 5.41) is 16.0. The highest BCUT2D eigenvalue weighted by Crippen LogP contribution is 2.29. The Bertz CT molecular complexity index is 1020. The van der Waals surface area contributed by atoms with Crippen LogP contribution >= 0.6 is 11.8 Å². The van der Waals surface area contributed by atoms with Crippen LogP contribution in [0.1, 0.15) is 42.1 Å². The van der Waals surface area contributed by atoms with Crippen LogP contribution in [0.25, 0.3) is 10.9 Å². The third-order valence-electron chi connectivity index (χ3n) is 5.31. The molecule has 1 aliphatic rings. The van der Waals surface area contributed by atoms with Gasteiger partial charge in [-0.05, 0) is 42.5 Å². The van der Waals surface area contributed by atoms with Gasteiger partial charge in [0.15, 0.2) is 0 Å². The lowest BCUT2D eigenvalue weighted by Gasteiger charge is -2.22. The summed E-state index contributed by atoms with van der Waals surface area (Å²) in [6.07, 6.45) is 0.803. The summed E-state index contributed by atoms with van der Waals surface area (Å²) in [6.45, 7) is 7.02. The first-order valence-corrected chi connectivity index (χ1v) is 10.9. The minimum atomic E-state index is -0.222. The molecule has 2 heterocycles. The van der Waals surface area contributed by atoms with Crippen molar-refractivity contribution in [2.75, 3.05) is 6.54 Å². The number of H-pyrrole nitrogens is 1. The van der Waals surface area contributed by atoms with Gasteiger partial charge in [-0.2, -0.15) is 10.2 Å². The number of rotatable bonds is 6. The van der Waals surface area contributed by atoms with Crippen molar-refractivity contribution in [1.29, 1.82) is 0 Å². The number of hydrogen-bond acceptors (Lipinski definition) is 6. The van der Waals surface area contributed by atoms with Gasteiger partial charge >= 0.3 is 0 Å². The lowest BCUT2D eigenvalue weighted by Crippen LogP contribution is -2.42. The second-order valence-electron chi connectivity index (χ2n) is 7.97. The highest BCUT2D eigenvalue weighted by molar-refractivity contribution is 8.15. The largest absolute Gasteiger partial charge is 0.326 e. The smallest absolute Gasteiger partial charge is 0.147 e. The average Bonchev–Trinajstić information content (AvgIpc) is 3.25. The van der Waals surface area contributed by atoms with Gasteiger partial charge in [-0.25, -0.2) is 0 Å². The Kier molecular flexibility index (Phi) is 5.63. The molecule has 2 aromatic carbocycles. The van der Waals surface area contributed by atoms with Gasteiger partial charge < -0.3 is 11.5 Å². The number of nitrogens with one attached hydrogen (secondary N) is 1. The SMILES string of the molecule is Cc1n[nH]c2ccc(C3=NN(C[C@H](N)Cc4ccc(C(C)C)cc4)C(N)S3)cc12. The van der Waals surface area contributed by atoms with Crippen molar-refractivity contribution >= 4 is 27.7 Å². The normalized spacial score (nSPS) is 17.9. The zero-order valence-corrected chi connectivity index (χ0v) is 17.9. The number of hydrazone groups is 1. The van der Waals surface area contributed by atoms with Gasteiger partial charge in [0.2, 0.25) is 0 Å². The first-order valence-electron chi connectivity index (χ1n) is 9.97. The van der Waals surface area contributed by atoms with E-state index in [1.54, 1.807) is 11.8 Å². The molecule has 0 radical (unpaired) electrons. The molecule has 7 heteroatoms. The van der Waals surface area contributed by atoms with Gasteiger partial charge in [0.25, 0.3) is 0 Å². The van der Waals surface area contributed by atoms with Gasteiger partial charge in [-0.15, -0.1) is 0 Å². The van der Waals surface area contributed by atoms with Crippen molar-refractivity contribution in [3.05, 3.63) is 64.8 Å². The highest BCUT2D eigenvalue weighted by Gasteiger charge is 2.26. The molecule has 6 nitrogen and oxygen atoms in total. The molecule has 29 heavy (non-hydrogen) atoms. The summed E-state index contributed by atoms with van der Waals surface area (Å²) in [6, 6.07) is 14.9. The molecule has 1 aromatic heterocycles. The van der Waals surface area contributed by atoms with Crippen molar-refractivity contribution in [2.24, 2.45) is 16.6 Å². The molecule has 4 rings (SSSR count). The lowest BCUT2D eigenvalue weighted by atomic mass is 9.99. The van der Waals surface area contributed by atoms with E-state index < -0.39 is 0 Å². The molecule has 2 atom stereocenters. The number of benzene rings is 2. The third-order valence-corrected chi connectivity index (χ3v) is 6.34. The number of fused-ring (bicyclic) bond motifs is 1. The van der Waals surface area contributed by atoms with Crippen molar-refractivity contribution in [3.8, 4) is 0 Å². The average molecular weight is 409 g/mol. The Hall–Kier alpha value is -2.35. The Labute approximate surface area is 175 Å². The van der Waals surface area contributed by atoms with Crippen LogP contribution in [0.4, 0.5) is 0 Å². The fourth-order valence-electron chi connectivity index (χ4n) is 3.57. The number of nitrogens with zero attached hydrogens (tertiary/aromatic N) is 3. The van der Waals surface area contributed by atoms with Crippen LogP contribution in [0.5, 0.6) is 0 Å². The molecule has 0 amide bonds. The molecule has 0 spiro atoms. The number of hydrogen-bond donors (Lipinski definition) is 3. The number of aromatic amines is 1. The zero-order valence-electron chi connectivity index (χ0n) is 17.1. The van der Waals surface area contributed by atoms with E-state index in [9.17, 15) is 0 Å². The molecule has 0 saturated heterocycles. The van der Waals surface area contributed by atoms with E-state index in [1.807, 2.05) is 18.0 Å². The van der Waals surface area contributed by atoms with Gasteiger partial charge in [0.05, 0.1) is 17.8 Å². The monoisotopic (exact) mass is 408 g/mol. The van der Waals surface area contributed by atoms with E-state index >= 15 is 0 Å². The highest BCUT2D eigenvalue weighted by atomic mass is 32.2. The van der Waals surface area contributed by atoms with Crippen molar-refractivity contribution in [3.63, 3.8) is 0 Å². The molecule has 5 N–H and O–H groups in total. The van der Waals surface area contributed by atoms with Gasteiger partial charge in [-0.3, -0.25) is 10.1 Å². The van der Waals surface area contributed by atoms with Crippen LogP contribution < -0.4 is 11.5 Å². The lowest BCUT2D eigenvalue weighted by molar-refractivity contribution is 0.261. The molecule has 152 valence electrons. The maximum Gasteiger partial charge on any atom is 0.147 e. The predicted molar refractivity (Wildman–Crippen MR) is 122 cm³/mol. The summed E-state index contributed by atoms with van der Waals surface area (Å²) in [5.41, 5.74) is 18.2. The standard InChI is InChI=1S/C22H28N6S/c1-13(2)16-6-4-15(5-7-16)10-18(23)12-28-22(24)29-21(27-28)17-8-9-20-19(11-17)14(3)25-26-20/h4-9,11,13,18,22H,10,12,23-24H2,1-3H3,(H,25,26)/t18-,22?/m1/s1. The van der Waals surface area contributed by atoms with Gasteiger partial charge in [0.1, 0.15) is 10.5 Å². The molecule has 0 saturated carbocycles. The van der Waals surface area contributed by atoms with E-state index in [-0.39, 0.29) is 11.5 Å². The Balaban J connectivity index is 1.44. The van der Waals surface area contributed by atoms with Crippen LogP contribution in [-0.2, 0) is 6.42 Å². The van der Waals surface area contributed by atoms with Gasteiger partial charge in [0, 0.05) is 17.0 Å². The first kappa shape index (κ1) is 19.9. The second-order valence-corrected chi connectivity index (χ2v) is 9.07. The van der Waals surface area contributed by atoms with E-state index in [2.05, 4.69) is 60.4 Å². The maximum atomic E-state index is 6.42. The quantitative estimate of drug-likeness (QED) is 0.580. The van der Waals surface area contributed by atoms with E-state index in [1.165, 1.54) is 11.1 Å². The molecular weight excluding hydrogens is 380 g/mol. The van der Waals surface area contributed by atoms with Crippen molar-refractivity contribution in [2.45, 2.75) is 44.6 Å². The Morgan fingerprint density at radius 1 is 1.17 bits per heavy atom. The van der Waals surface area contributed by atoms with Crippen LogP contribution in [0.2, 0.25) is 0 Å². The molecule has 0 fully saturated rings. The number of nitrogens with two attached hydrogens (primary N) is 2. The summed E-state index contributed by atoms with van der Waals surface area (Å²) in [5.74, 6) is 0.537. The number of aromatic nitrogens is 2. The Morgan fingerprint density at radius 2 is 1.93 bits per heavy atom. The molecule has 0 aliphatic carbocycles. The van der Waals surface area contributed by atoms with E-state index in [4.69, 9.17) is 16.6 Å². The fourth-order valence-corrected chi connectivity index (χ4v) is 4.47. The van der Waals surface area contributed by atoms with Crippen LogP contribution in [0.15, 0.2) is 47.6 Å². The minimum absolute atomic E-state index is 0.0340. The van der Waals surface area contributed by atoms with E-state index in [0.717, 1.165) is 33.6 Å². The van der Waals surface area contributed by atoms with Crippen molar-refractivity contribution in [1.82, 2.24) is 15.2 Å². The zero-order chi connectivity index (χ0) is 20.5. The fraction of sp³-hybridized carbons (Fsp3) is 0.364. The summed E-state index contributed by atoms with van der Waals surface area (Å²) < 4.78 is 0. The predicted octanol–water partition coefficient (Wildman–Crippen LogP) is 3.52. The summed E-state index contributed by atoms with van der Waals surface area (Å²) >= 11 is 1.56. The maximum absolute atomic E-state index is 6.42. The van der Waals surface area contributed by atoms with Crippen LogP contribution in [0, 0.1) is 6.92 Å². The molecule has 0 bridgehead atoms. The molecule has 3 aromatic rings. The molecule has 1 unspecified atom stereocenters. The van der Waals surface area contributed by atoms with Crippen molar-refractivity contribution < 1.29 is 0 Å². The summed E-state index contributed by atoms with van der Waals surface area (Å²) in [7, 11) is 0. The third kappa shape index (κ3) is 4.32. The minimum Gasteiger partial charge on any atom is -0.326 e. The topological polar surface area (TPSA) is 96.3 Å². The van der Waals surface area contributed by atoms with E-state index in [0.29, 0.717) is 12.5 Å². The first-order chi connectivity index (χ1) is 13.9. The Morgan fingerprint density at radius 3 is 2.66 bits per heavy atom. The molecular formula is C22H28N6S. The van der Waals surface area contributed by atoms with Crippen LogP contribution in [-0.4, -0.2) is 38.3 Å². The number of thioether (sulfide) groups is 1. The molecule has 1 aliphatic heterocycles.